The number of hydrogen-bond acceptors (Lipinski definition) is 4. The van der Waals surface area contributed by atoms with Gasteiger partial charge >= 0.3 is 0 Å². The predicted molar refractivity (Wildman–Crippen MR) is 599 cm³/mol. The molecule has 0 N–H and O–H groups in total. The lowest BCUT2D eigenvalue weighted by Gasteiger charge is -2.30. The van der Waals surface area contributed by atoms with E-state index in [0.717, 1.165) is 33.0 Å². The van der Waals surface area contributed by atoms with Crippen molar-refractivity contribution in [2.24, 2.45) is 0 Å². The quantitative estimate of drug-likeness (QED) is 0.162. The molecule has 4 aromatic heterocycles. The van der Waals surface area contributed by atoms with Gasteiger partial charge in [-0.3, -0.25) is 9.97 Å². The van der Waals surface area contributed by atoms with Crippen molar-refractivity contribution in [2.75, 3.05) is 0 Å². The number of thiophene rings is 1. The van der Waals surface area contributed by atoms with Crippen molar-refractivity contribution < 1.29 is 11.3 Å². The minimum absolute atomic E-state index is 0.103. The normalized spacial score (nSPS) is 13.2. The molecule has 0 saturated carbocycles. The summed E-state index contributed by atoms with van der Waals surface area (Å²) in [5.74, 6) is 0. The summed E-state index contributed by atoms with van der Waals surface area (Å²) in [6.07, 6.45) is 3.79. The largest absolute Gasteiger partial charge is 0.456 e. The zero-order valence-corrected chi connectivity index (χ0v) is 87.6. The van der Waals surface area contributed by atoms with Crippen LogP contribution in [0.2, 0.25) is 0 Å². The van der Waals surface area contributed by atoms with Gasteiger partial charge in [-0.25, -0.2) is 0 Å². The van der Waals surface area contributed by atoms with Crippen LogP contribution in [0, 0.1) is 6.92 Å². The molecule has 0 radical (unpaired) electrons. The van der Waals surface area contributed by atoms with Crippen LogP contribution in [0.25, 0.3) is 119 Å². The lowest BCUT2D eigenvalue weighted by Crippen LogP contribution is -2.22. The molecule has 3 nitrogen and oxygen atoms in total. The zero-order chi connectivity index (χ0) is 103. The van der Waals surface area contributed by atoms with Gasteiger partial charge in [0.2, 0.25) is 0 Å². The number of nitrogens with zero attached hydrogens (tertiary/aromatic N) is 2. The molecule has 20 rings (SSSR count). The number of aromatic nitrogens is 2. The molecular formula is C132H148N2OS. The Morgan fingerprint density at radius 1 is 0.287 bits per heavy atom. The second kappa shape index (κ2) is 40.5. The van der Waals surface area contributed by atoms with E-state index >= 15 is 0 Å². The van der Waals surface area contributed by atoms with Crippen LogP contribution in [0.15, 0.2) is 356 Å². The van der Waals surface area contributed by atoms with Crippen molar-refractivity contribution in [3.8, 4) is 33.4 Å². The Bertz CT molecular complexity index is 7450. The van der Waals surface area contributed by atoms with Crippen LogP contribution in [0.4, 0.5) is 0 Å². The van der Waals surface area contributed by atoms with E-state index in [1.807, 2.05) is 62.7 Å². The monoisotopic (exact) mass is 1810 g/mol. The van der Waals surface area contributed by atoms with Gasteiger partial charge in [-0.05, 0) is 190 Å². The van der Waals surface area contributed by atoms with Gasteiger partial charge < -0.3 is 4.42 Å². The Morgan fingerprint density at radius 2 is 0.721 bits per heavy atom. The summed E-state index contributed by atoms with van der Waals surface area (Å²) >= 11 is 1.92. The number of benzene rings is 15. The lowest BCUT2D eigenvalue weighted by atomic mass is 9.74. The molecule has 4 heterocycles. The lowest BCUT2D eigenvalue weighted by molar-refractivity contribution is 0.556. The average molecular weight is 1820 g/mol. The number of fused-ring (bicyclic) bond motifs is 15. The first-order valence-corrected chi connectivity index (χ1v) is 49.3. The van der Waals surface area contributed by atoms with E-state index in [0.29, 0.717) is 5.56 Å². The molecule has 1 aliphatic carbocycles. The molecule has 0 unspecified atom stereocenters. The maximum absolute atomic E-state index is 7.72. The Morgan fingerprint density at radius 3 is 1.29 bits per heavy atom. The summed E-state index contributed by atoms with van der Waals surface area (Å²) in [5.41, 5.74) is 28.8. The SMILES string of the molecule is CC(C)(C)c1ccc(-c2ccc(C(C)(C)C)cc2)cc1.CC(C)(C)c1cccc2c1C(C)(C)c1ccccc1-2.CC(C)(C)c1cccc2c1ccc1ccccc12.CC(C)(C)c1cccc2c1oc1ccccc12.CC(C)(C)c1cccc2c1sc1ccccc12.CC(C)(C)c1cnc2c(ccc3cccnc32)c1.Cc1cccc(-c2ccc(C(C)(C)C)cc2)c1.[2H]c1c([2H])c([2H])c(C(C)(C)C)c([2H])c1[2H]. The number of para-hydroxylation sites is 2. The third-order valence-corrected chi connectivity index (χ3v) is 27.1. The van der Waals surface area contributed by atoms with Crippen molar-refractivity contribution in [1.29, 1.82) is 0 Å². The maximum Gasteiger partial charge on any atom is 0.139 e. The van der Waals surface area contributed by atoms with Crippen LogP contribution in [0.1, 0.15) is 274 Å². The van der Waals surface area contributed by atoms with Crippen LogP contribution in [0.5, 0.6) is 0 Å². The van der Waals surface area contributed by atoms with E-state index in [1.165, 1.54) is 147 Å². The molecule has 1 aliphatic rings. The van der Waals surface area contributed by atoms with Gasteiger partial charge in [-0.1, -0.05) is 522 Å². The number of aryl methyl sites for hydroxylation is 1. The van der Waals surface area contributed by atoms with E-state index in [2.05, 4.69) is 488 Å². The Kier molecular flexibility index (Phi) is 28.0. The highest BCUT2D eigenvalue weighted by molar-refractivity contribution is 7.26. The predicted octanol–water partition coefficient (Wildman–Crippen LogP) is 38.8. The highest BCUT2D eigenvalue weighted by Crippen LogP contribution is 2.52. The molecule has 15 aromatic carbocycles. The van der Waals surface area contributed by atoms with Crippen LogP contribution in [0.3, 0.4) is 0 Å². The molecule has 698 valence electrons. The summed E-state index contributed by atoms with van der Waals surface area (Å²) in [5, 5.41) is 12.9. The highest BCUT2D eigenvalue weighted by Gasteiger charge is 2.39. The molecule has 0 bridgehead atoms. The molecule has 136 heavy (non-hydrogen) atoms. The van der Waals surface area contributed by atoms with Gasteiger partial charge in [-0.15, -0.1) is 11.3 Å². The van der Waals surface area contributed by atoms with Gasteiger partial charge in [0.25, 0.3) is 0 Å². The van der Waals surface area contributed by atoms with Crippen LogP contribution in [-0.2, 0) is 54.1 Å². The average Bonchev–Trinajstić information content (AvgIpc) is 1.56. The smallest absolute Gasteiger partial charge is 0.139 e. The fourth-order valence-electron chi connectivity index (χ4n) is 17.9. The van der Waals surface area contributed by atoms with Gasteiger partial charge in [-0.2, -0.15) is 0 Å². The summed E-state index contributed by atoms with van der Waals surface area (Å²) in [6.45, 7) is 66.4. The third-order valence-electron chi connectivity index (χ3n) is 25.9. The molecule has 0 amide bonds. The number of hydrogen-bond donors (Lipinski definition) is 0. The first kappa shape index (κ1) is 94.0. The molecule has 0 saturated heterocycles. The van der Waals surface area contributed by atoms with Crippen LogP contribution in [-0.4, -0.2) is 9.97 Å². The van der Waals surface area contributed by atoms with E-state index in [4.69, 9.17) is 11.3 Å². The van der Waals surface area contributed by atoms with Crippen LogP contribution < -0.4 is 0 Å². The van der Waals surface area contributed by atoms with E-state index in [9.17, 15) is 0 Å². The second-order valence-electron chi connectivity index (χ2n) is 46.4. The maximum atomic E-state index is 7.72. The first-order valence-electron chi connectivity index (χ1n) is 51.0. The van der Waals surface area contributed by atoms with Crippen molar-refractivity contribution in [3.63, 3.8) is 0 Å². The minimum atomic E-state index is -0.451. The number of rotatable bonds is 2. The topological polar surface area (TPSA) is 38.9 Å². The number of furan rings is 1. The van der Waals surface area contributed by atoms with Crippen LogP contribution >= 0.6 is 11.3 Å². The van der Waals surface area contributed by atoms with Gasteiger partial charge in [0, 0.05) is 65.1 Å². The van der Waals surface area contributed by atoms with Crippen molar-refractivity contribution in [3.05, 3.63) is 419 Å². The number of pyridine rings is 2. The van der Waals surface area contributed by atoms with E-state index in [-0.39, 0.29) is 78.9 Å². The van der Waals surface area contributed by atoms with E-state index in [1.54, 1.807) is 0 Å². The molecule has 0 fully saturated rings. The van der Waals surface area contributed by atoms with Crippen molar-refractivity contribution >= 4 is 96.8 Å². The Balaban J connectivity index is 0.000000136. The Hall–Kier alpha value is -12.3. The molecule has 0 aliphatic heterocycles. The standard InChI is InChI=1S/C20H26.C19H22.C18H18.C17H20.C16H16N2.C16H16O.C16H16S.C10H14/c1-19(2,3)17-11-7-15(8-12-17)16-9-13-18(14-10-16)20(4,5)6;1-18(2,3)16-12-8-10-14-13-9-6-7-11-15(13)19(4,5)17(14)16;1-18(2,3)17-10-6-9-15-14-8-5-4-7-13(14)11-12-16(15)17;1-13-6-5-7-15(12-13)14-8-10-16(11-9-14)17(2,3)4;1-16(2,3)13-9-12-7-6-11-5-4-8-17-14(11)15(12)18-10-13;2*1-16(2,3)13-9-6-8-12-11-7-4-5-10-14(11)17-15(12)13;1-10(2,3)9-7-5-4-6-8-9/h7-14H,1-6H3;6-12H,1-5H3;4-12H,1-3H3;5-12H,1-4H3;4-10H,1-3H3;2*4-10H,1-3H3;4-8H,1-3H3/i;;;;;;;4D,5D,6D,7D,8D. The fourth-order valence-corrected chi connectivity index (χ4v) is 19.4. The highest BCUT2D eigenvalue weighted by atomic mass is 32.1. The molecule has 0 spiro atoms. The summed E-state index contributed by atoms with van der Waals surface area (Å²) in [7, 11) is 0. The third kappa shape index (κ3) is 24.0. The molecule has 19 aromatic rings. The summed E-state index contributed by atoms with van der Waals surface area (Å²) in [4.78, 5) is 9.05. The first-order chi connectivity index (χ1) is 65.9. The zero-order valence-electron chi connectivity index (χ0n) is 91.8. The van der Waals surface area contributed by atoms with Crippen molar-refractivity contribution in [2.45, 2.75) is 262 Å². The van der Waals surface area contributed by atoms with Gasteiger partial charge in [0.1, 0.15) is 11.2 Å². The fraction of sp³-hybridized carbons (Fsp3) is 0.303. The van der Waals surface area contributed by atoms with Crippen molar-refractivity contribution in [1.82, 2.24) is 9.97 Å². The second-order valence-corrected chi connectivity index (χ2v) is 47.5. The summed E-state index contributed by atoms with van der Waals surface area (Å²) in [6, 6.07) is 110. The van der Waals surface area contributed by atoms with E-state index < -0.39 is 5.41 Å². The molecule has 0 atom stereocenters. The molecule has 4 heteroatoms. The minimum Gasteiger partial charge on any atom is -0.456 e. The molecular weight excluding hydrogens is 1660 g/mol. The summed E-state index contributed by atoms with van der Waals surface area (Å²) < 4.78 is 46.7. The van der Waals surface area contributed by atoms with Gasteiger partial charge in [0.15, 0.2) is 0 Å². The Labute approximate surface area is 826 Å². The van der Waals surface area contributed by atoms with Gasteiger partial charge in [0.05, 0.1) is 17.9 Å².